The third kappa shape index (κ3) is 19.3. The molecule has 0 N–H and O–H groups in total. The normalized spacial score (nSPS) is 10.8. The molecule has 2 aromatic heterocycles. The number of nitrogens with zero attached hydrogens (tertiary/aromatic N) is 6. The van der Waals surface area contributed by atoms with Gasteiger partial charge in [-0.3, -0.25) is 0 Å². The predicted molar refractivity (Wildman–Crippen MR) is 302 cm³/mol. The van der Waals surface area contributed by atoms with E-state index in [-0.39, 0.29) is 79.1 Å². The highest BCUT2D eigenvalue weighted by Crippen LogP contribution is 2.49. The van der Waals surface area contributed by atoms with E-state index < -0.39 is 30.4 Å². The van der Waals surface area contributed by atoms with E-state index in [1.54, 1.807) is 97.1 Å². The van der Waals surface area contributed by atoms with Crippen molar-refractivity contribution in [2.24, 2.45) is 0 Å². The summed E-state index contributed by atoms with van der Waals surface area (Å²) in [5.74, 6) is -1.51. The molecule has 406 valence electrons. The van der Waals surface area contributed by atoms with Crippen molar-refractivity contribution in [3.8, 4) is 69.8 Å². The fourth-order valence-corrected chi connectivity index (χ4v) is 12.7. The van der Waals surface area contributed by atoms with Gasteiger partial charge in [-0.15, -0.1) is 9.97 Å². The maximum atomic E-state index is 16.1. The molecule has 8 aromatic rings. The highest BCUT2D eigenvalue weighted by atomic mass is 35.7. The summed E-state index contributed by atoms with van der Waals surface area (Å²) < 4.78 is 95.6. The van der Waals surface area contributed by atoms with E-state index in [9.17, 15) is 13.3 Å². The van der Waals surface area contributed by atoms with Crippen molar-refractivity contribution >= 4 is 31.0 Å². The number of hydrogen-bond donors (Lipinski definition) is 0. The summed E-state index contributed by atoms with van der Waals surface area (Å²) in [6.45, 7) is 8.36. The lowest BCUT2D eigenvalue weighted by molar-refractivity contribution is 0.397. The Morgan fingerprint density at radius 3 is 1.16 bits per heavy atom. The second kappa shape index (κ2) is 32.1. The monoisotopic (exact) mass is 1110 g/mol. The van der Waals surface area contributed by atoms with Crippen molar-refractivity contribution in [3.05, 3.63) is 175 Å². The summed E-state index contributed by atoms with van der Waals surface area (Å²) in [5.41, 5.74) is -0.104. The van der Waals surface area contributed by atoms with Crippen LogP contribution in [0.15, 0.2) is 152 Å². The van der Waals surface area contributed by atoms with Crippen molar-refractivity contribution in [1.82, 2.24) is 29.9 Å². The fourth-order valence-electron chi connectivity index (χ4n) is 7.17. The average Bonchev–Trinajstić information content (AvgIpc) is 3.43. The minimum atomic E-state index is -3.34. The van der Waals surface area contributed by atoms with Gasteiger partial charge in [0.15, 0.2) is 11.6 Å². The maximum Gasteiger partial charge on any atom is 0.328 e. The van der Waals surface area contributed by atoms with Gasteiger partial charge < -0.3 is 23.5 Å². The van der Waals surface area contributed by atoms with Crippen LogP contribution < -0.4 is 24.3 Å². The summed E-state index contributed by atoms with van der Waals surface area (Å²) in [5, 5.41) is -0.367. The SMILES string of the molecule is C.CCCCP(=O)(CCCC)c1c(F)ccc(-c2nc(Oc3ccccc3)nc(Oc3ccccc3)n2)c1F.CCCCP(Cl)CCCC.Fc1ccc(-c2nc(Oc3ccccc3)nc(Oc3ccccc3)n2)c(F)c1. The Bertz CT molecular complexity index is 2930. The van der Waals surface area contributed by atoms with Gasteiger partial charge >= 0.3 is 24.0 Å². The largest absolute Gasteiger partial charge is 0.424 e. The molecule has 0 aliphatic rings. The number of para-hydroxylation sites is 4. The van der Waals surface area contributed by atoms with Crippen LogP contribution in [0.1, 0.15) is 86.5 Å². The van der Waals surface area contributed by atoms with Crippen molar-refractivity contribution in [3.63, 3.8) is 0 Å². The van der Waals surface area contributed by atoms with Crippen molar-refractivity contribution in [2.45, 2.75) is 86.5 Å². The van der Waals surface area contributed by atoms with E-state index in [2.05, 4.69) is 43.8 Å². The Kier molecular flexibility index (Phi) is 25.4. The highest BCUT2D eigenvalue weighted by Gasteiger charge is 2.33. The molecule has 11 nitrogen and oxygen atoms in total. The average molecular weight is 1110 g/mol. The molecule has 0 saturated heterocycles. The van der Waals surface area contributed by atoms with E-state index in [0.29, 0.717) is 35.8 Å². The van der Waals surface area contributed by atoms with Crippen molar-refractivity contribution < 1.29 is 41.1 Å². The summed E-state index contributed by atoms with van der Waals surface area (Å²) in [6, 6.07) is 40.5. The third-order valence-corrected chi connectivity index (χ3v) is 17.1. The first kappa shape index (κ1) is 61.1. The van der Waals surface area contributed by atoms with Crippen LogP contribution in [-0.2, 0) is 4.57 Å². The Balaban J connectivity index is 0.000000245. The van der Waals surface area contributed by atoms with Crippen LogP contribution in [-0.4, -0.2) is 54.6 Å². The summed E-state index contributed by atoms with van der Waals surface area (Å²) >= 11 is 6.10. The zero-order valence-corrected chi connectivity index (χ0v) is 45.5. The summed E-state index contributed by atoms with van der Waals surface area (Å²) in [7, 11) is -3.46. The van der Waals surface area contributed by atoms with Crippen LogP contribution in [0.2, 0.25) is 0 Å². The molecule has 18 heteroatoms. The first-order valence-electron chi connectivity index (χ1n) is 25.3. The minimum absolute atomic E-state index is 0. The molecule has 0 aliphatic heterocycles. The van der Waals surface area contributed by atoms with Gasteiger partial charge in [-0.1, -0.05) is 145 Å². The predicted octanol–water partition coefficient (Wildman–Crippen LogP) is 18.2. The molecular formula is C59H65ClF4N6O5P2. The van der Waals surface area contributed by atoms with Crippen LogP contribution in [0.3, 0.4) is 0 Å². The van der Waals surface area contributed by atoms with E-state index in [0.717, 1.165) is 31.0 Å². The van der Waals surface area contributed by atoms with E-state index >= 15 is 8.78 Å². The molecule has 77 heavy (non-hydrogen) atoms. The summed E-state index contributed by atoms with van der Waals surface area (Å²) in [6.07, 6.45) is 11.0. The van der Waals surface area contributed by atoms with Gasteiger partial charge in [-0.05, 0) is 118 Å². The number of hydrogen-bond acceptors (Lipinski definition) is 11. The summed E-state index contributed by atoms with van der Waals surface area (Å²) in [4.78, 5) is 25.3. The molecule has 2 heterocycles. The molecule has 0 saturated carbocycles. The lowest BCUT2D eigenvalue weighted by Gasteiger charge is -2.21. The second-order valence-electron chi connectivity index (χ2n) is 17.2. The Hall–Kier alpha value is -6.79. The van der Waals surface area contributed by atoms with E-state index in [4.69, 9.17) is 30.2 Å². The lowest BCUT2D eigenvalue weighted by Crippen LogP contribution is -2.20. The molecular weight excluding hydrogens is 1050 g/mol. The molecule has 0 unspecified atom stereocenters. The van der Waals surface area contributed by atoms with Gasteiger partial charge in [0.1, 0.15) is 53.4 Å². The molecule has 0 aliphatic carbocycles. The van der Waals surface area contributed by atoms with E-state index in [1.807, 2.05) is 38.1 Å². The molecule has 0 amide bonds. The number of aromatic nitrogens is 6. The fraction of sp³-hybridized carbons (Fsp3) is 0.288. The van der Waals surface area contributed by atoms with Gasteiger partial charge in [-0.2, -0.15) is 19.9 Å². The highest BCUT2D eigenvalue weighted by molar-refractivity contribution is 7.83. The van der Waals surface area contributed by atoms with Gasteiger partial charge in [0.05, 0.1) is 16.4 Å². The first-order valence-corrected chi connectivity index (χ1v) is 30.0. The standard InChI is InChI=1S/C29H30F2N3O3P.C21H13F2N3O2.C8H18ClP.CH4/c1-3-5-19-38(35,20-6-4-2)26-24(30)18-17-23(25(26)31)27-32-28(36-21-13-9-7-10-14-21)34-29(33-27)37-22-15-11-8-12-16-22;22-14-11-12-17(18(23)13-14)19-24-20(27-15-7-3-1-4-8-15)26-21(25-19)28-16-9-5-2-6-10-16;1-3-5-7-10(9)8-6-4-2;/h7-18H,3-6,19-20H2,1-2H3;1-13H;3-8H2,1-2H3;1H4. The van der Waals surface area contributed by atoms with E-state index in [1.165, 1.54) is 50.1 Å². The number of rotatable bonds is 23. The Labute approximate surface area is 455 Å². The van der Waals surface area contributed by atoms with Crippen LogP contribution >= 0.6 is 25.7 Å². The minimum Gasteiger partial charge on any atom is -0.424 e. The van der Waals surface area contributed by atoms with Crippen LogP contribution in [0.25, 0.3) is 22.8 Å². The van der Waals surface area contributed by atoms with Crippen molar-refractivity contribution in [1.29, 1.82) is 0 Å². The molecule has 0 atom stereocenters. The van der Waals surface area contributed by atoms with Gasteiger partial charge in [-0.25, -0.2) is 17.6 Å². The zero-order valence-electron chi connectivity index (χ0n) is 42.9. The topological polar surface area (TPSA) is 131 Å². The first-order chi connectivity index (χ1) is 36.9. The molecule has 0 radical (unpaired) electrons. The number of ether oxygens (including phenoxy) is 4. The van der Waals surface area contributed by atoms with Crippen LogP contribution in [0, 0.1) is 23.3 Å². The third-order valence-electron chi connectivity index (χ3n) is 11.1. The number of halogens is 5. The van der Waals surface area contributed by atoms with Crippen molar-refractivity contribution in [2.75, 3.05) is 24.6 Å². The Morgan fingerprint density at radius 2 is 0.805 bits per heavy atom. The molecule has 0 fully saturated rings. The number of unbranched alkanes of at least 4 members (excludes halogenated alkanes) is 4. The van der Waals surface area contributed by atoms with Gasteiger partial charge in [0.25, 0.3) is 0 Å². The molecule has 0 bridgehead atoms. The number of benzene rings is 6. The zero-order chi connectivity index (χ0) is 54.1. The molecule has 8 rings (SSSR count). The van der Waals surface area contributed by atoms with Crippen LogP contribution in [0.5, 0.6) is 47.0 Å². The molecule has 6 aromatic carbocycles. The second-order valence-corrected chi connectivity index (χ2v) is 23.5. The van der Waals surface area contributed by atoms with Crippen LogP contribution in [0.4, 0.5) is 17.6 Å². The van der Waals surface area contributed by atoms with Gasteiger partial charge in [0, 0.05) is 18.4 Å². The smallest absolute Gasteiger partial charge is 0.328 e. The lowest BCUT2D eigenvalue weighted by atomic mass is 10.2. The maximum absolute atomic E-state index is 16.1. The quantitative estimate of drug-likeness (QED) is 0.0448. The molecule has 0 spiro atoms. The Morgan fingerprint density at radius 1 is 0.455 bits per heavy atom. The van der Waals surface area contributed by atoms with Gasteiger partial charge in [0.2, 0.25) is 0 Å².